The molecular formula is C11H16N2O3. The van der Waals surface area contributed by atoms with E-state index in [1.165, 1.54) is 7.11 Å². The fraction of sp³-hybridized carbons (Fsp3) is 0.455. The van der Waals surface area contributed by atoms with Gasteiger partial charge >= 0.3 is 5.97 Å². The van der Waals surface area contributed by atoms with Crippen LogP contribution in [0.25, 0.3) is 0 Å². The average molecular weight is 224 g/mol. The molecule has 1 unspecified atom stereocenters. The number of aliphatic hydroxyl groups is 1. The number of nitrogens with zero attached hydrogens (tertiary/aromatic N) is 2. The summed E-state index contributed by atoms with van der Waals surface area (Å²) >= 11 is 0. The molecule has 0 bridgehead atoms. The van der Waals surface area contributed by atoms with Crippen molar-refractivity contribution in [2.45, 2.75) is 12.5 Å². The SMILES string of the molecule is COC(=O)CC(O)c1cccnc1N(C)C. The Labute approximate surface area is 94.7 Å². The molecule has 5 nitrogen and oxygen atoms in total. The molecule has 1 rings (SSSR count). The first kappa shape index (κ1) is 12.4. The van der Waals surface area contributed by atoms with Crippen LogP contribution in [0.5, 0.6) is 0 Å². The number of anilines is 1. The molecule has 0 radical (unpaired) electrons. The highest BCUT2D eigenvalue weighted by atomic mass is 16.5. The van der Waals surface area contributed by atoms with Gasteiger partial charge in [0.1, 0.15) is 5.82 Å². The fourth-order valence-corrected chi connectivity index (χ4v) is 1.39. The minimum absolute atomic E-state index is 0.0664. The van der Waals surface area contributed by atoms with E-state index in [9.17, 15) is 9.90 Å². The predicted molar refractivity (Wildman–Crippen MR) is 60.2 cm³/mol. The number of pyridine rings is 1. The lowest BCUT2D eigenvalue weighted by Crippen LogP contribution is -2.16. The summed E-state index contributed by atoms with van der Waals surface area (Å²) in [6, 6.07) is 3.47. The first-order chi connectivity index (χ1) is 7.56. The Balaban J connectivity index is 2.90. The van der Waals surface area contributed by atoms with Gasteiger partial charge in [-0.2, -0.15) is 0 Å². The molecular weight excluding hydrogens is 208 g/mol. The van der Waals surface area contributed by atoms with Crippen LogP contribution in [0.15, 0.2) is 18.3 Å². The molecule has 0 aliphatic carbocycles. The van der Waals surface area contributed by atoms with E-state index in [1.807, 2.05) is 14.1 Å². The number of aromatic nitrogens is 1. The smallest absolute Gasteiger partial charge is 0.308 e. The molecule has 0 saturated heterocycles. The van der Waals surface area contributed by atoms with Gasteiger partial charge in [0.15, 0.2) is 0 Å². The molecule has 0 aliphatic rings. The van der Waals surface area contributed by atoms with Gasteiger partial charge in [0.05, 0.1) is 19.6 Å². The molecule has 1 atom stereocenters. The standard InChI is InChI=1S/C11H16N2O3/c1-13(2)11-8(5-4-6-12-11)9(14)7-10(15)16-3/h4-6,9,14H,7H2,1-3H3. The van der Waals surface area contributed by atoms with Crippen LogP contribution in [0.3, 0.4) is 0 Å². The molecule has 0 aromatic carbocycles. The van der Waals surface area contributed by atoms with Crippen molar-refractivity contribution in [3.8, 4) is 0 Å². The summed E-state index contributed by atoms with van der Waals surface area (Å²) in [5.41, 5.74) is 0.623. The van der Waals surface area contributed by atoms with E-state index in [0.717, 1.165) is 0 Å². The zero-order valence-electron chi connectivity index (χ0n) is 9.67. The molecule has 1 aromatic rings. The Morgan fingerprint density at radius 3 is 2.88 bits per heavy atom. The monoisotopic (exact) mass is 224 g/mol. The zero-order chi connectivity index (χ0) is 12.1. The lowest BCUT2D eigenvalue weighted by molar-refractivity contribution is -0.142. The van der Waals surface area contributed by atoms with Crippen molar-refractivity contribution in [3.63, 3.8) is 0 Å². The number of methoxy groups -OCH3 is 1. The zero-order valence-corrected chi connectivity index (χ0v) is 9.67. The lowest BCUT2D eigenvalue weighted by Gasteiger charge is -2.18. The second-order valence-corrected chi connectivity index (χ2v) is 3.61. The van der Waals surface area contributed by atoms with Gasteiger partial charge in [0, 0.05) is 25.9 Å². The molecule has 0 aliphatic heterocycles. The molecule has 1 heterocycles. The average Bonchev–Trinajstić information content (AvgIpc) is 2.28. The largest absolute Gasteiger partial charge is 0.469 e. The van der Waals surface area contributed by atoms with Gasteiger partial charge in [-0.15, -0.1) is 0 Å². The second kappa shape index (κ2) is 5.46. The van der Waals surface area contributed by atoms with Gasteiger partial charge in [-0.25, -0.2) is 4.98 Å². The van der Waals surface area contributed by atoms with Crippen LogP contribution >= 0.6 is 0 Å². The summed E-state index contributed by atoms with van der Waals surface area (Å²) in [7, 11) is 4.96. The maximum absolute atomic E-state index is 11.1. The summed E-state index contributed by atoms with van der Waals surface area (Å²) in [4.78, 5) is 17.0. The van der Waals surface area contributed by atoms with Gasteiger partial charge in [-0.1, -0.05) is 6.07 Å². The Morgan fingerprint density at radius 2 is 2.31 bits per heavy atom. The number of ether oxygens (including phenoxy) is 1. The van der Waals surface area contributed by atoms with E-state index in [-0.39, 0.29) is 6.42 Å². The number of carbonyl (C=O) groups excluding carboxylic acids is 1. The first-order valence-electron chi connectivity index (χ1n) is 4.93. The van der Waals surface area contributed by atoms with Gasteiger partial charge in [-0.3, -0.25) is 4.79 Å². The number of esters is 1. The van der Waals surface area contributed by atoms with E-state index >= 15 is 0 Å². The Hall–Kier alpha value is -1.62. The highest BCUT2D eigenvalue weighted by Crippen LogP contribution is 2.24. The molecule has 0 fully saturated rings. The molecule has 5 heteroatoms. The quantitative estimate of drug-likeness (QED) is 0.764. The minimum atomic E-state index is -0.890. The summed E-state index contributed by atoms with van der Waals surface area (Å²) < 4.78 is 4.51. The van der Waals surface area contributed by atoms with Crippen LogP contribution in [0.2, 0.25) is 0 Å². The molecule has 0 amide bonds. The van der Waals surface area contributed by atoms with E-state index in [2.05, 4.69) is 9.72 Å². The maximum Gasteiger partial charge on any atom is 0.308 e. The van der Waals surface area contributed by atoms with E-state index < -0.39 is 12.1 Å². The Morgan fingerprint density at radius 1 is 1.62 bits per heavy atom. The number of aliphatic hydroxyl groups excluding tert-OH is 1. The van der Waals surface area contributed by atoms with Crippen molar-refractivity contribution in [2.24, 2.45) is 0 Å². The predicted octanol–water partition coefficient (Wildman–Crippen LogP) is 0.744. The highest BCUT2D eigenvalue weighted by molar-refractivity contribution is 5.70. The Bertz CT molecular complexity index is 366. The molecule has 1 aromatic heterocycles. The van der Waals surface area contributed by atoms with E-state index in [4.69, 9.17) is 0 Å². The fourth-order valence-electron chi connectivity index (χ4n) is 1.39. The van der Waals surface area contributed by atoms with Crippen molar-refractivity contribution >= 4 is 11.8 Å². The third kappa shape index (κ3) is 2.93. The Kier molecular flexibility index (Phi) is 4.25. The number of hydrogen-bond donors (Lipinski definition) is 1. The third-order valence-electron chi connectivity index (χ3n) is 2.19. The van der Waals surface area contributed by atoms with E-state index in [0.29, 0.717) is 11.4 Å². The summed E-state index contributed by atoms with van der Waals surface area (Å²) in [6.07, 6.45) is 0.686. The van der Waals surface area contributed by atoms with Gasteiger partial charge in [0.2, 0.25) is 0 Å². The molecule has 0 saturated carbocycles. The summed E-state index contributed by atoms with van der Waals surface area (Å²) in [5.74, 6) is 0.208. The highest BCUT2D eigenvalue weighted by Gasteiger charge is 2.18. The van der Waals surface area contributed by atoms with Crippen LogP contribution < -0.4 is 4.90 Å². The van der Waals surface area contributed by atoms with Crippen molar-refractivity contribution in [3.05, 3.63) is 23.9 Å². The van der Waals surface area contributed by atoms with Gasteiger partial charge in [0.25, 0.3) is 0 Å². The lowest BCUT2D eigenvalue weighted by atomic mass is 10.1. The molecule has 16 heavy (non-hydrogen) atoms. The first-order valence-corrected chi connectivity index (χ1v) is 4.93. The van der Waals surface area contributed by atoms with Crippen LogP contribution in [0.1, 0.15) is 18.1 Å². The van der Waals surface area contributed by atoms with Crippen molar-refractivity contribution in [2.75, 3.05) is 26.1 Å². The van der Waals surface area contributed by atoms with Crippen LogP contribution in [-0.4, -0.2) is 37.3 Å². The normalized spacial score (nSPS) is 12.0. The number of hydrogen-bond acceptors (Lipinski definition) is 5. The molecule has 88 valence electrons. The minimum Gasteiger partial charge on any atom is -0.469 e. The summed E-state index contributed by atoms with van der Waals surface area (Å²) in [5, 5.41) is 9.88. The van der Waals surface area contributed by atoms with Crippen molar-refractivity contribution in [1.82, 2.24) is 4.98 Å². The van der Waals surface area contributed by atoms with Crippen LogP contribution in [0, 0.1) is 0 Å². The number of rotatable bonds is 4. The second-order valence-electron chi connectivity index (χ2n) is 3.61. The summed E-state index contributed by atoms with van der Waals surface area (Å²) in [6.45, 7) is 0. The van der Waals surface area contributed by atoms with Crippen LogP contribution in [0.4, 0.5) is 5.82 Å². The van der Waals surface area contributed by atoms with Crippen molar-refractivity contribution in [1.29, 1.82) is 0 Å². The third-order valence-corrected chi connectivity index (χ3v) is 2.19. The van der Waals surface area contributed by atoms with Gasteiger partial charge < -0.3 is 14.7 Å². The van der Waals surface area contributed by atoms with Crippen LogP contribution in [-0.2, 0) is 9.53 Å². The van der Waals surface area contributed by atoms with Crippen molar-refractivity contribution < 1.29 is 14.6 Å². The van der Waals surface area contributed by atoms with Gasteiger partial charge in [-0.05, 0) is 6.07 Å². The molecule has 0 spiro atoms. The molecule has 1 N–H and O–H groups in total. The topological polar surface area (TPSA) is 62.7 Å². The number of carbonyl (C=O) groups is 1. The van der Waals surface area contributed by atoms with E-state index in [1.54, 1.807) is 23.2 Å². The maximum atomic E-state index is 11.1.